The van der Waals surface area contributed by atoms with Crippen LogP contribution < -0.4 is 20.1 Å². The van der Waals surface area contributed by atoms with Crippen molar-refractivity contribution in [2.24, 2.45) is 0 Å². The predicted octanol–water partition coefficient (Wildman–Crippen LogP) is 4.07. The van der Waals surface area contributed by atoms with Gasteiger partial charge in [0.15, 0.2) is 0 Å². The summed E-state index contributed by atoms with van der Waals surface area (Å²) in [6.07, 6.45) is 4.79. The van der Waals surface area contributed by atoms with Crippen LogP contribution in [0.5, 0.6) is 11.5 Å². The van der Waals surface area contributed by atoms with Gasteiger partial charge in [0, 0.05) is 18.5 Å². The van der Waals surface area contributed by atoms with Gasteiger partial charge in [-0.2, -0.15) is 0 Å². The lowest BCUT2D eigenvalue weighted by molar-refractivity contribution is -0.117. The first-order valence-corrected chi connectivity index (χ1v) is 12.4. The van der Waals surface area contributed by atoms with E-state index in [0.717, 1.165) is 23.3 Å². The number of hydrogen-bond acceptors (Lipinski definition) is 5. The van der Waals surface area contributed by atoms with Crippen LogP contribution in [0.1, 0.15) is 45.8 Å². The standard InChI is InChI=1S/C30H32N2O5/c1-36-27-4-2-3-21(19-27)15-18-37-26-13-11-25(12-14-26)29(34)32-28(30(35)31-16-17-33)20-22-5-7-23(8-6-22)24-9-10-24/h2-8,11-14,19-20,24,33H,9-10,15-18H2,1H3,(H,31,35)(H,32,34)/b28-20-. The van der Waals surface area contributed by atoms with E-state index in [1.807, 2.05) is 36.4 Å². The van der Waals surface area contributed by atoms with Gasteiger partial charge in [0.1, 0.15) is 17.2 Å². The highest BCUT2D eigenvalue weighted by molar-refractivity contribution is 6.05. The zero-order valence-corrected chi connectivity index (χ0v) is 20.9. The zero-order valence-electron chi connectivity index (χ0n) is 20.9. The third-order valence-electron chi connectivity index (χ3n) is 6.10. The van der Waals surface area contributed by atoms with Gasteiger partial charge in [-0.1, -0.05) is 36.4 Å². The number of methoxy groups -OCH3 is 1. The molecule has 37 heavy (non-hydrogen) atoms. The smallest absolute Gasteiger partial charge is 0.267 e. The molecule has 0 saturated heterocycles. The average molecular weight is 501 g/mol. The Morgan fingerprint density at radius 3 is 2.43 bits per heavy atom. The van der Waals surface area contributed by atoms with Crippen molar-refractivity contribution < 1.29 is 24.2 Å². The topological polar surface area (TPSA) is 96.9 Å². The van der Waals surface area contributed by atoms with E-state index in [1.54, 1.807) is 37.5 Å². The number of benzene rings is 3. The molecule has 0 heterocycles. The SMILES string of the molecule is COc1cccc(CCOc2ccc(C(=O)N/C(=C\c3ccc(C4CC4)cc3)C(=O)NCCO)cc2)c1. The van der Waals surface area contributed by atoms with Crippen LogP contribution in [0, 0.1) is 0 Å². The summed E-state index contributed by atoms with van der Waals surface area (Å²) in [6.45, 7) is 0.382. The second-order valence-corrected chi connectivity index (χ2v) is 8.91. The third kappa shape index (κ3) is 7.69. The van der Waals surface area contributed by atoms with E-state index in [9.17, 15) is 9.59 Å². The molecule has 4 rings (SSSR count). The Kier molecular flexibility index (Phi) is 8.94. The van der Waals surface area contributed by atoms with Crippen molar-refractivity contribution in [2.45, 2.75) is 25.2 Å². The minimum Gasteiger partial charge on any atom is -0.497 e. The maximum atomic E-state index is 12.9. The molecule has 3 N–H and O–H groups in total. The average Bonchev–Trinajstić information content (AvgIpc) is 3.78. The maximum absolute atomic E-state index is 12.9. The number of aliphatic hydroxyl groups excluding tert-OH is 1. The van der Waals surface area contributed by atoms with Crippen molar-refractivity contribution in [1.29, 1.82) is 0 Å². The molecule has 3 aromatic carbocycles. The van der Waals surface area contributed by atoms with Gasteiger partial charge < -0.3 is 25.2 Å². The van der Waals surface area contributed by atoms with E-state index in [2.05, 4.69) is 22.8 Å². The second-order valence-electron chi connectivity index (χ2n) is 8.91. The molecular weight excluding hydrogens is 468 g/mol. The highest BCUT2D eigenvalue weighted by Gasteiger charge is 2.23. The lowest BCUT2D eigenvalue weighted by atomic mass is 10.1. The molecule has 0 aliphatic heterocycles. The number of ether oxygens (including phenoxy) is 2. The zero-order chi connectivity index (χ0) is 26.0. The monoisotopic (exact) mass is 500 g/mol. The molecule has 192 valence electrons. The minimum absolute atomic E-state index is 0.0917. The highest BCUT2D eigenvalue weighted by Crippen LogP contribution is 2.39. The molecule has 0 radical (unpaired) electrons. The van der Waals surface area contributed by atoms with Gasteiger partial charge in [-0.25, -0.2) is 0 Å². The molecule has 1 saturated carbocycles. The molecular formula is C30H32N2O5. The van der Waals surface area contributed by atoms with Crippen LogP contribution in [0.25, 0.3) is 6.08 Å². The van der Waals surface area contributed by atoms with Crippen molar-refractivity contribution in [1.82, 2.24) is 10.6 Å². The van der Waals surface area contributed by atoms with E-state index >= 15 is 0 Å². The number of carbonyl (C=O) groups excluding carboxylic acids is 2. The lowest BCUT2D eigenvalue weighted by Crippen LogP contribution is -2.36. The summed E-state index contributed by atoms with van der Waals surface area (Å²) < 4.78 is 11.1. The van der Waals surface area contributed by atoms with Crippen LogP contribution in [-0.4, -0.2) is 43.8 Å². The first kappa shape index (κ1) is 26.0. The number of rotatable bonds is 12. The van der Waals surface area contributed by atoms with Crippen LogP contribution in [0.3, 0.4) is 0 Å². The van der Waals surface area contributed by atoms with Gasteiger partial charge in [0.25, 0.3) is 11.8 Å². The fourth-order valence-corrected chi connectivity index (χ4v) is 3.88. The van der Waals surface area contributed by atoms with Crippen molar-refractivity contribution >= 4 is 17.9 Å². The van der Waals surface area contributed by atoms with Crippen molar-refractivity contribution in [2.75, 3.05) is 26.9 Å². The Balaban J connectivity index is 1.37. The van der Waals surface area contributed by atoms with E-state index < -0.39 is 11.8 Å². The number of amides is 2. The quantitative estimate of drug-likeness (QED) is 0.326. The Hall–Kier alpha value is -4.10. The van der Waals surface area contributed by atoms with Gasteiger partial charge in [-0.05, 0) is 77.9 Å². The highest BCUT2D eigenvalue weighted by atomic mass is 16.5. The lowest BCUT2D eigenvalue weighted by Gasteiger charge is -2.12. The molecule has 3 aromatic rings. The first-order chi connectivity index (χ1) is 18.1. The van der Waals surface area contributed by atoms with Crippen molar-refractivity contribution in [3.05, 3.63) is 101 Å². The third-order valence-corrected chi connectivity index (χ3v) is 6.10. The number of hydrogen-bond donors (Lipinski definition) is 3. The number of nitrogens with one attached hydrogen (secondary N) is 2. The molecule has 1 fully saturated rings. The Morgan fingerprint density at radius 1 is 1.00 bits per heavy atom. The van der Waals surface area contributed by atoms with Gasteiger partial charge in [0.2, 0.25) is 0 Å². The van der Waals surface area contributed by atoms with E-state index in [0.29, 0.717) is 23.8 Å². The first-order valence-electron chi connectivity index (χ1n) is 12.4. The van der Waals surface area contributed by atoms with Crippen LogP contribution in [0.15, 0.2) is 78.5 Å². The molecule has 1 aliphatic carbocycles. The van der Waals surface area contributed by atoms with Gasteiger partial charge in [0.05, 0.1) is 20.3 Å². The summed E-state index contributed by atoms with van der Waals surface area (Å²) >= 11 is 0. The van der Waals surface area contributed by atoms with E-state index in [1.165, 1.54) is 18.4 Å². The Labute approximate surface area is 217 Å². The largest absolute Gasteiger partial charge is 0.497 e. The summed E-state index contributed by atoms with van der Waals surface area (Å²) in [5.74, 6) is 1.21. The van der Waals surface area contributed by atoms with Crippen LogP contribution in [-0.2, 0) is 11.2 Å². The predicted molar refractivity (Wildman–Crippen MR) is 143 cm³/mol. The molecule has 0 atom stereocenters. The Bertz CT molecular complexity index is 1230. The molecule has 7 nitrogen and oxygen atoms in total. The molecule has 0 unspecified atom stereocenters. The van der Waals surface area contributed by atoms with Crippen molar-refractivity contribution in [3.63, 3.8) is 0 Å². The normalized spacial score (nSPS) is 13.1. The summed E-state index contributed by atoms with van der Waals surface area (Å²) in [6, 6.07) is 22.6. The van der Waals surface area contributed by atoms with Gasteiger partial charge in [-0.15, -0.1) is 0 Å². The maximum Gasteiger partial charge on any atom is 0.267 e. The minimum atomic E-state index is -0.467. The number of carbonyl (C=O) groups is 2. The van der Waals surface area contributed by atoms with Gasteiger partial charge in [-0.3, -0.25) is 9.59 Å². The van der Waals surface area contributed by atoms with Gasteiger partial charge >= 0.3 is 0 Å². The van der Waals surface area contributed by atoms with E-state index in [4.69, 9.17) is 14.6 Å². The van der Waals surface area contributed by atoms with Crippen LogP contribution in [0.4, 0.5) is 0 Å². The van der Waals surface area contributed by atoms with Crippen molar-refractivity contribution in [3.8, 4) is 11.5 Å². The van der Waals surface area contributed by atoms with Crippen LogP contribution in [0.2, 0.25) is 0 Å². The summed E-state index contributed by atoms with van der Waals surface area (Å²) in [4.78, 5) is 25.6. The molecule has 7 heteroatoms. The molecule has 0 aromatic heterocycles. The van der Waals surface area contributed by atoms with Crippen LogP contribution >= 0.6 is 0 Å². The Morgan fingerprint density at radius 2 is 1.76 bits per heavy atom. The second kappa shape index (κ2) is 12.7. The van der Waals surface area contributed by atoms with E-state index in [-0.39, 0.29) is 18.8 Å². The summed E-state index contributed by atoms with van der Waals surface area (Å²) in [5, 5.41) is 14.4. The fourth-order valence-electron chi connectivity index (χ4n) is 3.88. The molecule has 0 bridgehead atoms. The molecule has 1 aliphatic rings. The molecule has 2 amide bonds. The number of aliphatic hydroxyl groups is 1. The summed E-state index contributed by atoms with van der Waals surface area (Å²) in [5.41, 5.74) is 3.70. The fraction of sp³-hybridized carbons (Fsp3) is 0.267. The summed E-state index contributed by atoms with van der Waals surface area (Å²) in [7, 11) is 1.64. The molecule has 0 spiro atoms.